The molecular weight excluding hydrogens is 318 g/mol. The van der Waals surface area contributed by atoms with E-state index in [0.717, 1.165) is 17.7 Å². The summed E-state index contributed by atoms with van der Waals surface area (Å²) in [5.41, 5.74) is 1.54. The molecule has 0 bridgehead atoms. The van der Waals surface area contributed by atoms with Crippen molar-refractivity contribution in [3.05, 3.63) is 59.3 Å². The first-order chi connectivity index (χ1) is 12.1. The molecule has 3 aromatic rings. The number of amides is 1. The van der Waals surface area contributed by atoms with Gasteiger partial charge in [-0.2, -0.15) is 4.98 Å². The Labute approximate surface area is 145 Å². The number of aryl methyl sites for hydroxylation is 2. The van der Waals surface area contributed by atoms with E-state index < -0.39 is 0 Å². The van der Waals surface area contributed by atoms with Gasteiger partial charge >= 0.3 is 0 Å². The molecule has 128 valence electrons. The van der Waals surface area contributed by atoms with E-state index in [1.165, 1.54) is 0 Å². The third-order valence-corrected chi connectivity index (χ3v) is 4.57. The molecule has 1 aliphatic heterocycles. The first kappa shape index (κ1) is 15.6. The fourth-order valence-corrected chi connectivity index (χ4v) is 3.27. The lowest BCUT2D eigenvalue weighted by Crippen LogP contribution is -2.28. The van der Waals surface area contributed by atoms with Crippen molar-refractivity contribution in [3.63, 3.8) is 0 Å². The minimum absolute atomic E-state index is 0.00336. The first-order valence-electron chi connectivity index (χ1n) is 8.37. The number of hydrogen-bond acceptors (Lipinski definition) is 5. The van der Waals surface area contributed by atoms with E-state index in [-0.39, 0.29) is 11.8 Å². The molecule has 1 atom stereocenters. The fraction of sp³-hybridized carbons (Fsp3) is 0.316. The van der Waals surface area contributed by atoms with Crippen LogP contribution >= 0.6 is 0 Å². The Kier molecular flexibility index (Phi) is 3.87. The van der Waals surface area contributed by atoms with E-state index in [2.05, 4.69) is 10.1 Å². The van der Waals surface area contributed by atoms with Gasteiger partial charge in [0.15, 0.2) is 5.82 Å². The zero-order chi connectivity index (χ0) is 17.4. The Morgan fingerprint density at radius 2 is 2.04 bits per heavy atom. The van der Waals surface area contributed by atoms with Crippen molar-refractivity contribution >= 4 is 5.91 Å². The number of likely N-dealkylation sites (tertiary alicyclic amines) is 1. The van der Waals surface area contributed by atoms with Crippen LogP contribution in [0.3, 0.4) is 0 Å². The summed E-state index contributed by atoms with van der Waals surface area (Å²) in [6.45, 7) is 4.94. The predicted molar refractivity (Wildman–Crippen MR) is 91.2 cm³/mol. The van der Waals surface area contributed by atoms with Gasteiger partial charge in [0.05, 0.1) is 5.56 Å². The van der Waals surface area contributed by atoms with E-state index in [0.29, 0.717) is 36.1 Å². The van der Waals surface area contributed by atoms with Crippen molar-refractivity contribution in [2.75, 3.05) is 13.1 Å². The molecule has 0 saturated carbocycles. The van der Waals surface area contributed by atoms with Gasteiger partial charge in [0.1, 0.15) is 11.5 Å². The van der Waals surface area contributed by atoms with Gasteiger partial charge in [-0.15, -0.1) is 0 Å². The van der Waals surface area contributed by atoms with Crippen LogP contribution in [-0.2, 0) is 0 Å². The molecular formula is C19H19N3O3. The van der Waals surface area contributed by atoms with E-state index >= 15 is 0 Å². The molecule has 6 heteroatoms. The van der Waals surface area contributed by atoms with Crippen LogP contribution in [0.15, 0.2) is 45.3 Å². The van der Waals surface area contributed by atoms with Crippen LogP contribution in [0.2, 0.25) is 0 Å². The molecule has 0 spiro atoms. The lowest BCUT2D eigenvalue weighted by molar-refractivity contribution is 0.0788. The van der Waals surface area contributed by atoms with Gasteiger partial charge in [-0.25, -0.2) is 0 Å². The third kappa shape index (κ3) is 2.95. The van der Waals surface area contributed by atoms with Gasteiger partial charge in [0, 0.05) is 24.6 Å². The quantitative estimate of drug-likeness (QED) is 0.730. The molecule has 2 aromatic heterocycles. The largest absolute Gasteiger partial charge is 0.466 e. The van der Waals surface area contributed by atoms with Crippen LogP contribution in [-0.4, -0.2) is 34.0 Å². The second kappa shape index (κ2) is 6.20. The van der Waals surface area contributed by atoms with Crippen molar-refractivity contribution in [1.82, 2.24) is 15.0 Å². The highest BCUT2D eigenvalue weighted by atomic mass is 16.5. The summed E-state index contributed by atoms with van der Waals surface area (Å²) in [5.74, 6) is 2.69. The van der Waals surface area contributed by atoms with Crippen LogP contribution in [0.1, 0.15) is 40.0 Å². The molecule has 3 heterocycles. The average Bonchev–Trinajstić information content (AvgIpc) is 3.34. The van der Waals surface area contributed by atoms with Gasteiger partial charge in [-0.1, -0.05) is 23.4 Å². The molecule has 1 saturated heterocycles. The van der Waals surface area contributed by atoms with Gasteiger partial charge in [-0.05, 0) is 38.5 Å². The van der Waals surface area contributed by atoms with Crippen molar-refractivity contribution in [2.45, 2.75) is 26.2 Å². The molecule has 1 aliphatic rings. The Hall–Kier alpha value is -2.89. The Bertz CT molecular complexity index is 898. The summed E-state index contributed by atoms with van der Waals surface area (Å²) < 4.78 is 10.9. The Morgan fingerprint density at radius 1 is 1.24 bits per heavy atom. The molecule has 0 N–H and O–H groups in total. The number of carbonyl (C=O) groups excluding carboxylic acids is 1. The monoisotopic (exact) mass is 337 g/mol. The highest BCUT2D eigenvalue weighted by Crippen LogP contribution is 2.29. The normalized spacial score (nSPS) is 17.2. The SMILES string of the molecule is Cc1cc(C(=O)N2CC[C@H](c3noc(-c4ccccc4)n3)C2)c(C)o1. The number of nitrogens with zero attached hydrogens (tertiary/aromatic N) is 3. The van der Waals surface area contributed by atoms with E-state index in [1.807, 2.05) is 49.1 Å². The predicted octanol–water partition coefficient (Wildman–Crippen LogP) is 3.58. The lowest BCUT2D eigenvalue weighted by Gasteiger charge is -2.15. The van der Waals surface area contributed by atoms with Crippen molar-refractivity contribution in [3.8, 4) is 11.5 Å². The number of carbonyl (C=O) groups is 1. The highest BCUT2D eigenvalue weighted by Gasteiger charge is 2.32. The van der Waals surface area contributed by atoms with Crippen LogP contribution in [0, 0.1) is 13.8 Å². The summed E-state index contributed by atoms with van der Waals surface area (Å²) in [6.07, 6.45) is 0.829. The molecule has 0 unspecified atom stereocenters. The standard InChI is InChI=1S/C19H19N3O3/c1-12-10-16(13(2)24-12)19(23)22-9-8-15(11-22)17-20-18(25-21-17)14-6-4-3-5-7-14/h3-7,10,15H,8-9,11H2,1-2H3/t15-/m0/s1. The minimum atomic E-state index is 0.00336. The molecule has 0 radical (unpaired) electrons. The zero-order valence-electron chi connectivity index (χ0n) is 14.2. The molecule has 1 aromatic carbocycles. The van der Waals surface area contributed by atoms with Crippen molar-refractivity contribution < 1.29 is 13.7 Å². The number of furan rings is 1. The van der Waals surface area contributed by atoms with E-state index in [1.54, 1.807) is 6.07 Å². The van der Waals surface area contributed by atoms with E-state index in [4.69, 9.17) is 8.94 Å². The maximum Gasteiger partial charge on any atom is 0.257 e. The van der Waals surface area contributed by atoms with Gasteiger partial charge in [-0.3, -0.25) is 4.79 Å². The Balaban J connectivity index is 1.49. The number of benzene rings is 1. The molecule has 4 rings (SSSR count). The molecule has 0 aliphatic carbocycles. The van der Waals surface area contributed by atoms with Gasteiger partial charge in [0.25, 0.3) is 11.8 Å². The van der Waals surface area contributed by atoms with Gasteiger partial charge < -0.3 is 13.8 Å². The summed E-state index contributed by atoms with van der Waals surface area (Å²) >= 11 is 0. The van der Waals surface area contributed by atoms with Gasteiger partial charge in [0.2, 0.25) is 0 Å². The second-order valence-corrected chi connectivity index (χ2v) is 6.39. The number of rotatable bonds is 3. The summed E-state index contributed by atoms with van der Waals surface area (Å²) in [7, 11) is 0. The number of aromatic nitrogens is 2. The molecule has 1 amide bonds. The minimum Gasteiger partial charge on any atom is -0.466 e. The maximum atomic E-state index is 12.7. The molecule has 1 fully saturated rings. The zero-order valence-corrected chi connectivity index (χ0v) is 14.2. The molecule has 6 nitrogen and oxygen atoms in total. The van der Waals surface area contributed by atoms with Crippen molar-refractivity contribution in [1.29, 1.82) is 0 Å². The van der Waals surface area contributed by atoms with Crippen molar-refractivity contribution in [2.24, 2.45) is 0 Å². The van der Waals surface area contributed by atoms with Crippen LogP contribution in [0.4, 0.5) is 0 Å². The summed E-state index contributed by atoms with van der Waals surface area (Å²) in [4.78, 5) is 19.0. The summed E-state index contributed by atoms with van der Waals surface area (Å²) in [6, 6.07) is 11.5. The van der Waals surface area contributed by atoms with Crippen LogP contribution in [0.25, 0.3) is 11.5 Å². The van der Waals surface area contributed by atoms with E-state index in [9.17, 15) is 4.79 Å². The first-order valence-corrected chi connectivity index (χ1v) is 8.37. The number of hydrogen-bond donors (Lipinski definition) is 0. The molecule has 25 heavy (non-hydrogen) atoms. The topological polar surface area (TPSA) is 72.4 Å². The average molecular weight is 337 g/mol. The summed E-state index contributed by atoms with van der Waals surface area (Å²) in [5, 5.41) is 4.12. The van der Waals surface area contributed by atoms with Crippen LogP contribution < -0.4 is 0 Å². The highest BCUT2D eigenvalue weighted by molar-refractivity contribution is 5.95. The Morgan fingerprint density at radius 3 is 2.76 bits per heavy atom. The van der Waals surface area contributed by atoms with Crippen LogP contribution in [0.5, 0.6) is 0 Å². The third-order valence-electron chi connectivity index (χ3n) is 4.57. The maximum absolute atomic E-state index is 12.7. The fourth-order valence-electron chi connectivity index (χ4n) is 3.27. The lowest BCUT2D eigenvalue weighted by atomic mass is 10.1. The smallest absolute Gasteiger partial charge is 0.257 e. The second-order valence-electron chi connectivity index (χ2n) is 6.39.